The molecule has 4 rings (SSSR count). The van der Waals surface area contributed by atoms with Crippen molar-refractivity contribution in [2.75, 3.05) is 34.5 Å². The Morgan fingerprint density at radius 2 is 2.00 bits per heavy atom. The van der Waals surface area contributed by atoms with Gasteiger partial charge in [-0.25, -0.2) is 4.79 Å². The average Bonchev–Trinajstić information content (AvgIpc) is 3.10. The number of fused-ring (bicyclic) bond motifs is 3. The minimum atomic E-state index is -0.0488. The van der Waals surface area contributed by atoms with Crippen LogP contribution >= 0.6 is 11.8 Å². The van der Waals surface area contributed by atoms with E-state index >= 15 is 0 Å². The first-order valence-electron chi connectivity index (χ1n) is 8.34. The first-order valence-corrected chi connectivity index (χ1v) is 9.57. The van der Waals surface area contributed by atoms with Gasteiger partial charge in [-0.3, -0.25) is 4.90 Å². The lowest BCUT2D eigenvalue weighted by Crippen LogP contribution is -2.49. The maximum Gasteiger partial charge on any atom is 0.326 e. The third kappa shape index (κ3) is 2.73. The van der Waals surface area contributed by atoms with Gasteiger partial charge in [0.25, 0.3) is 0 Å². The number of rotatable bonds is 2. The molecule has 0 saturated carbocycles. The van der Waals surface area contributed by atoms with Gasteiger partial charge in [0.2, 0.25) is 0 Å². The van der Waals surface area contributed by atoms with E-state index in [4.69, 9.17) is 0 Å². The number of para-hydroxylation sites is 2. The maximum absolute atomic E-state index is 12.9. The van der Waals surface area contributed by atoms with Crippen LogP contribution in [0.4, 0.5) is 21.9 Å². The van der Waals surface area contributed by atoms with Gasteiger partial charge in [0.05, 0.1) is 11.4 Å². The molecule has 5 heteroatoms. The lowest BCUT2D eigenvalue weighted by atomic mass is 10.1. The molecule has 1 fully saturated rings. The summed E-state index contributed by atoms with van der Waals surface area (Å²) in [7, 11) is 0. The second-order valence-electron chi connectivity index (χ2n) is 6.25. The molecule has 2 heterocycles. The second kappa shape index (κ2) is 6.40. The zero-order valence-corrected chi connectivity index (χ0v) is 14.6. The Kier molecular flexibility index (Phi) is 4.10. The fraction of sp³-hybridized carbons (Fsp3) is 0.316. The monoisotopic (exact) mass is 339 g/mol. The van der Waals surface area contributed by atoms with E-state index in [2.05, 4.69) is 22.3 Å². The van der Waals surface area contributed by atoms with Gasteiger partial charge in [0, 0.05) is 29.7 Å². The quantitative estimate of drug-likeness (QED) is 0.822. The summed E-state index contributed by atoms with van der Waals surface area (Å²) in [4.78, 5) is 18.4. The van der Waals surface area contributed by atoms with E-state index in [1.807, 2.05) is 47.6 Å². The fourth-order valence-corrected chi connectivity index (χ4v) is 4.13. The minimum absolute atomic E-state index is 0.0488. The molecule has 2 aromatic rings. The number of carbonyl (C=O) groups excluding carboxylic acids is 1. The van der Waals surface area contributed by atoms with Gasteiger partial charge in [-0.15, -0.1) is 11.8 Å². The Labute approximate surface area is 146 Å². The number of nitrogens with zero attached hydrogens (tertiary/aromatic N) is 2. The zero-order chi connectivity index (χ0) is 16.5. The molecule has 0 radical (unpaired) electrons. The number of hydrogen-bond acceptors (Lipinski definition) is 3. The fourth-order valence-electron chi connectivity index (χ4n) is 3.67. The van der Waals surface area contributed by atoms with Gasteiger partial charge >= 0.3 is 6.03 Å². The number of carbonyl (C=O) groups is 1. The molecule has 1 N–H and O–H groups in total. The van der Waals surface area contributed by atoms with Gasteiger partial charge in [0.15, 0.2) is 0 Å². The Morgan fingerprint density at radius 1 is 1.17 bits per heavy atom. The maximum atomic E-state index is 12.9. The minimum Gasteiger partial charge on any atom is -0.365 e. The van der Waals surface area contributed by atoms with Gasteiger partial charge < -0.3 is 10.2 Å². The molecule has 0 aliphatic carbocycles. The van der Waals surface area contributed by atoms with E-state index in [1.165, 1.54) is 12.1 Å². The van der Waals surface area contributed by atoms with Gasteiger partial charge in [-0.2, -0.15) is 0 Å². The SMILES string of the molecule is CSc1cccc(NC(=O)N2C[C@@H]3CCCN3c3ccccc32)c1. The molecule has 1 atom stereocenters. The summed E-state index contributed by atoms with van der Waals surface area (Å²) in [5.41, 5.74) is 3.03. The van der Waals surface area contributed by atoms with E-state index in [0.29, 0.717) is 6.04 Å². The number of anilines is 3. The number of hydrogen-bond donors (Lipinski definition) is 1. The third-order valence-electron chi connectivity index (χ3n) is 4.82. The van der Waals surface area contributed by atoms with E-state index in [9.17, 15) is 4.79 Å². The van der Waals surface area contributed by atoms with E-state index in [1.54, 1.807) is 11.8 Å². The van der Waals surface area contributed by atoms with Crippen LogP contribution in [0.2, 0.25) is 0 Å². The highest BCUT2D eigenvalue weighted by molar-refractivity contribution is 7.98. The van der Waals surface area contributed by atoms with Crippen molar-refractivity contribution in [2.24, 2.45) is 0 Å². The van der Waals surface area contributed by atoms with Crippen molar-refractivity contribution in [1.82, 2.24) is 0 Å². The number of thioether (sulfide) groups is 1. The lowest BCUT2D eigenvalue weighted by Gasteiger charge is -2.40. The van der Waals surface area contributed by atoms with E-state index in [-0.39, 0.29) is 6.03 Å². The van der Waals surface area contributed by atoms with Crippen molar-refractivity contribution in [2.45, 2.75) is 23.8 Å². The van der Waals surface area contributed by atoms with Crippen LogP contribution in [-0.4, -0.2) is 31.4 Å². The van der Waals surface area contributed by atoms with Crippen LogP contribution < -0.4 is 15.1 Å². The Bertz CT molecular complexity index is 764. The standard InChI is InChI=1S/C19H21N3OS/c1-24-16-8-4-6-14(12-16)20-19(23)22-13-15-7-5-11-21(15)17-9-2-3-10-18(17)22/h2-4,6,8-10,12,15H,5,7,11,13H2,1H3,(H,20,23)/t15-/m0/s1. The van der Waals surface area contributed by atoms with Crippen LogP contribution in [-0.2, 0) is 0 Å². The van der Waals surface area contributed by atoms with E-state index in [0.717, 1.165) is 35.8 Å². The van der Waals surface area contributed by atoms with Crippen molar-refractivity contribution in [1.29, 1.82) is 0 Å². The van der Waals surface area contributed by atoms with Crippen LogP contribution in [0.1, 0.15) is 12.8 Å². The Balaban J connectivity index is 1.61. The van der Waals surface area contributed by atoms with Crippen molar-refractivity contribution in [3.63, 3.8) is 0 Å². The molecule has 2 aliphatic rings. The molecule has 2 aliphatic heterocycles. The summed E-state index contributed by atoms with van der Waals surface area (Å²) in [5, 5.41) is 3.06. The van der Waals surface area contributed by atoms with Gasteiger partial charge in [-0.05, 0) is 49.4 Å². The summed E-state index contributed by atoms with van der Waals surface area (Å²) in [6, 6.07) is 16.6. The summed E-state index contributed by atoms with van der Waals surface area (Å²) in [5.74, 6) is 0. The van der Waals surface area contributed by atoms with Crippen molar-refractivity contribution in [3.8, 4) is 0 Å². The molecular weight excluding hydrogens is 318 g/mol. The number of urea groups is 1. The molecule has 0 spiro atoms. The van der Waals surface area contributed by atoms with Gasteiger partial charge in [-0.1, -0.05) is 18.2 Å². The molecule has 2 aromatic carbocycles. The second-order valence-corrected chi connectivity index (χ2v) is 7.13. The molecule has 4 nitrogen and oxygen atoms in total. The first kappa shape index (κ1) is 15.4. The van der Waals surface area contributed by atoms with E-state index < -0.39 is 0 Å². The average molecular weight is 339 g/mol. The molecule has 124 valence electrons. The molecule has 0 bridgehead atoms. The van der Waals surface area contributed by atoms with Crippen molar-refractivity contribution < 1.29 is 4.79 Å². The van der Waals surface area contributed by atoms with Crippen LogP contribution in [0.3, 0.4) is 0 Å². The predicted molar refractivity (Wildman–Crippen MR) is 101 cm³/mol. The predicted octanol–water partition coefficient (Wildman–Crippen LogP) is 4.43. The smallest absolute Gasteiger partial charge is 0.326 e. The number of amides is 2. The number of nitrogens with one attached hydrogen (secondary N) is 1. The molecule has 0 unspecified atom stereocenters. The van der Waals surface area contributed by atoms with Crippen molar-refractivity contribution in [3.05, 3.63) is 48.5 Å². The van der Waals surface area contributed by atoms with Crippen LogP contribution in [0.25, 0.3) is 0 Å². The largest absolute Gasteiger partial charge is 0.365 e. The highest BCUT2D eigenvalue weighted by Gasteiger charge is 2.36. The zero-order valence-electron chi connectivity index (χ0n) is 13.7. The molecular formula is C19H21N3OS. The molecule has 2 amide bonds. The van der Waals surface area contributed by atoms with Crippen molar-refractivity contribution >= 4 is 34.9 Å². The normalized spacial score (nSPS) is 19.0. The summed E-state index contributed by atoms with van der Waals surface area (Å²) in [6.45, 7) is 1.85. The third-order valence-corrected chi connectivity index (χ3v) is 5.54. The lowest BCUT2D eigenvalue weighted by molar-refractivity contribution is 0.256. The highest BCUT2D eigenvalue weighted by Crippen LogP contribution is 2.39. The Morgan fingerprint density at radius 3 is 2.83 bits per heavy atom. The summed E-state index contributed by atoms with van der Waals surface area (Å²) in [6.07, 6.45) is 4.39. The molecule has 0 aromatic heterocycles. The molecule has 24 heavy (non-hydrogen) atoms. The first-order chi connectivity index (χ1) is 11.8. The molecule has 1 saturated heterocycles. The summed E-state index contributed by atoms with van der Waals surface area (Å²) < 4.78 is 0. The van der Waals surface area contributed by atoms with Crippen LogP contribution in [0.15, 0.2) is 53.4 Å². The summed E-state index contributed by atoms with van der Waals surface area (Å²) >= 11 is 1.68. The number of benzene rings is 2. The Hall–Kier alpha value is -2.14. The van der Waals surface area contributed by atoms with Gasteiger partial charge in [0.1, 0.15) is 0 Å². The highest BCUT2D eigenvalue weighted by atomic mass is 32.2. The topological polar surface area (TPSA) is 35.6 Å². The van der Waals surface area contributed by atoms with Crippen LogP contribution in [0.5, 0.6) is 0 Å². The van der Waals surface area contributed by atoms with Crippen LogP contribution in [0, 0.1) is 0 Å².